The van der Waals surface area contributed by atoms with Gasteiger partial charge in [-0.1, -0.05) is 6.07 Å². The number of hydrogen-bond acceptors (Lipinski definition) is 4. The molecule has 0 unspecified atom stereocenters. The highest BCUT2D eigenvalue weighted by Gasteiger charge is 2.35. The second-order valence-electron chi connectivity index (χ2n) is 7.54. The third-order valence-electron chi connectivity index (χ3n) is 5.42. The number of halogens is 2. The smallest absolute Gasteiger partial charge is 0.411 e. The van der Waals surface area contributed by atoms with Crippen molar-refractivity contribution in [3.8, 4) is 11.1 Å². The Kier molecular flexibility index (Phi) is 5.90. The number of anilines is 2. The maximum absolute atomic E-state index is 12.8. The van der Waals surface area contributed by atoms with Gasteiger partial charge >= 0.3 is 6.09 Å². The molecule has 2 amide bonds. The number of carbonyl (C=O) groups is 2. The lowest BCUT2D eigenvalue weighted by Crippen LogP contribution is -2.51. The van der Waals surface area contributed by atoms with Gasteiger partial charge in [-0.2, -0.15) is 5.10 Å². The fraction of sp³-hybridized carbons (Fsp3) is 0.450. The zero-order valence-electron chi connectivity index (χ0n) is 16.4. The van der Waals surface area contributed by atoms with Gasteiger partial charge in [-0.15, -0.1) is 23.2 Å². The lowest BCUT2D eigenvalue weighted by molar-refractivity contribution is -0.119. The summed E-state index contributed by atoms with van der Waals surface area (Å²) >= 11 is 11.6. The fourth-order valence-corrected chi connectivity index (χ4v) is 4.00. The van der Waals surface area contributed by atoms with Gasteiger partial charge < -0.3 is 14.7 Å². The van der Waals surface area contributed by atoms with Gasteiger partial charge in [-0.25, -0.2) is 4.79 Å². The van der Waals surface area contributed by atoms with E-state index < -0.39 is 10.9 Å². The molecule has 1 aromatic heterocycles. The standard InChI is InChI=1S/C20H22Cl2N4O4/c1-12-8-24(20(28)29)17-6-13(14-7-23-25(9-14)15-10-30-11-15)2-3-16(17)26(12)19(27)5-4-18(21)22/h2-3,6-7,9,12,15,18H,4-5,8,10-11H2,1H3,(H,28,29)/t12-/m0/s1. The van der Waals surface area contributed by atoms with Crippen LogP contribution in [0.4, 0.5) is 16.2 Å². The number of nitrogens with zero attached hydrogens (tertiary/aromatic N) is 4. The summed E-state index contributed by atoms with van der Waals surface area (Å²) in [6, 6.07) is 5.38. The van der Waals surface area contributed by atoms with E-state index >= 15 is 0 Å². The molecule has 2 aliphatic heterocycles. The van der Waals surface area contributed by atoms with Gasteiger partial charge in [0.05, 0.1) is 42.9 Å². The number of ether oxygens (including phenoxy) is 1. The van der Waals surface area contributed by atoms with Crippen molar-refractivity contribution in [3.63, 3.8) is 0 Å². The Hall–Kier alpha value is -2.29. The summed E-state index contributed by atoms with van der Waals surface area (Å²) in [5.41, 5.74) is 2.73. The van der Waals surface area contributed by atoms with Crippen LogP contribution < -0.4 is 9.80 Å². The predicted molar refractivity (Wildman–Crippen MR) is 115 cm³/mol. The Balaban J connectivity index is 1.68. The molecular weight excluding hydrogens is 431 g/mol. The summed E-state index contributed by atoms with van der Waals surface area (Å²) in [6.45, 7) is 3.28. The molecule has 30 heavy (non-hydrogen) atoms. The van der Waals surface area contributed by atoms with Gasteiger partial charge in [-0.3, -0.25) is 14.4 Å². The molecular formula is C20H22Cl2N4O4. The van der Waals surface area contributed by atoms with Crippen molar-refractivity contribution < 1.29 is 19.4 Å². The number of benzene rings is 1. The van der Waals surface area contributed by atoms with Crippen molar-refractivity contribution in [1.82, 2.24) is 9.78 Å². The van der Waals surface area contributed by atoms with E-state index in [0.29, 0.717) is 31.0 Å². The topological polar surface area (TPSA) is 87.9 Å². The Labute approximate surface area is 183 Å². The second kappa shape index (κ2) is 8.45. The van der Waals surface area contributed by atoms with Crippen LogP contribution in [0.15, 0.2) is 30.6 Å². The van der Waals surface area contributed by atoms with Crippen LogP contribution in [-0.4, -0.2) is 57.5 Å². The first kappa shape index (κ1) is 21.0. The van der Waals surface area contributed by atoms with Crippen molar-refractivity contribution in [1.29, 1.82) is 0 Å². The predicted octanol–water partition coefficient (Wildman–Crippen LogP) is 3.92. The lowest BCUT2D eigenvalue weighted by Gasteiger charge is -2.40. The van der Waals surface area contributed by atoms with E-state index in [-0.39, 0.29) is 31.0 Å². The molecule has 1 atom stereocenters. The van der Waals surface area contributed by atoms with Crippen LogP contribution in [0.1, 0.15) is 25.8 Å². The monoisotopic (exact) mass is 452 g/mol. The van der Waals surface area contributed by atoms with Crippen LogP contribution in [0.2, 0.25) is 0 Å². The first-order chi connectivity index (χ1) is 14.3. The molecule has 2 aliphatic rings. The Morgan fingerprint density at radius 3 is 2.67 bits per heavy atom. The SMILES string of the molecule is C[C@H]1CN(C(=O)O)c2cc(-c3cnn(C4COC4)c3)ccc2N1C(=O)CCC(Cl)Cl. The number of carbonyl (C=O) groups excluding carboxylic acids is 1. The Bertz CT molecular complexity index is 960. The summed E-state index contributed by atoms with van der Waals surface area (Å²) < 4.78 is 7.07. The molecule has 160 valence electrons. The van der Waals surface area contributed by atoms with Gasteiger partial charge in [0.1, 0.15) is 4.84 Å². The van der Waals surface area contributed by atoms with E-state index in [9.17, 15) is 14.7 Å². The maximum atomic E-state index is 12.8. The van der Waals surface area contributed by atoms with E-state index in [1.54, 1.807) is 23.2 Å². The molecule has 3 heterocycles. The first-order valence-electron chi connectivity index (χ1n) is 9.72. The fourth-order valence-electron chi connectivity index (χ4n) is 3.78. The number of amides is 2. The van der Waals surface area contributed by atoms with Gasteiger partial charge in [0.25, 0.3) is 0 Å². The minimum absolute atomic E-state index is 0.134. The molecule has 1 fully saturated rings. The van der Waals surface area contributed by atoms with Crippen molar-refractivity contribution in [2.45, 2.75) is 36.7 Å². The van der Waals surface area contributed by atoms with E-state index in [1.807, 2.05) is 23.9 Å². The summed E-state index contributed by atoms with van der Waals surface area (Å²) in [7, 11) is 0. The highest BCUT2D eigenvalue weighted by molar-refractivity contribution is 6.44. The highest BCUT2D eigenvalue weighted by atomic mass is 35.5. The summed E-state index contributed by atoms with van der Waals surface area (Å²) in [6.07, 6.45) is 3.14. The molecule has 4 rings (SSSR count). The normalized spacial score (nSPS) is 19.0. The van der Waals surface area contributed by atoms with Gasteiger partial charge in [0.15, 0.2) is 0 Å². The van der Waals surface area contributed by atoms with Crippen LogP contribution in [-0.2, 0) is 9.53 Å². The van der Waals surface area contributed by atoms with Crippen LogP contribution >= 0.6 is 23.2 Å². The Morgan fingerprint density at radius 1 is 1.27 bits per heavy atom. The quantitative estimate of drug-likeness (QED) is 0.694. The number of rotatable bonds is 5. The lowest BCUT2D eigenvalue weighted by atomic mass is 10.0. The summed E-state index contributed by atoms with van der Waals surface area (Å²) in [4.78, 5) is 27.0. The molecule has 2 aromatic rings. The maximum Gasteiger partial charge on any atom is 0.411 e. The molecule has 0 bridgehead atoms. The van der Waals surface area contributed by atoms with Gasteiger partial charge in [-0.05, 0) is 31.0 Å². The van der Waals surface area contributed by atoms with Crippen molar-refractivity contribution in [2.75, 3.05) is 29.6 Å². The van der Waals surface area contributed by atoms with Crippen molar-refractivity contribution >= 4 is 46.6 Å². The van der Waals surface area contributed by atoms with E-state index in [0.717, 1.165) is 11.1 Å². The zero-order chi connectivity index (χ0) is 21.4. The number of hydrogen-bond donors (Lipinski definition) is 1. The minimum atomic E-state index is -1.06. The molecule has 0 spiro atoms. The number of alkyl halides is 2. The first-order valence-corrected chi connectivity index (χ1v) is 10.6. The van der Waals surface area contributed by atoms with E-state index in [4.69, 9.17) is 27.9 Å². The second-order valence-corrected chi connectivity index (χ2v) is 8.82. The third kappa shape index (κ3) is 3.99. The summed E-state index contributed by atoms with van der Waals surface area (Å²) in [5.74, 6) is -0.134. The Morgan fingerprint density at radius 2 is 2.03 bits per heavy atom. The molecule has 8 nitrogen and oxygen atoms in total. The van der Waals surface area contributed by atoms with Gasteiger partial charge in [0.2, 0.25) is 5.91 Å². The van der Waals surface area contributed by atoms with E-state index in [2.05, 4.69) is 5.10 Å². The molecule has 1 N–H and O–H groups in total. The van der Waals surface area contributed by atoms with Crippen molar-refractivity contribution in [2.24, 2.45) is 0 Å². The van der Waals surface area contributed by atoms with Crippen LogP contribution in [0.25, 0.3) is 11.1 Å². The number of fused-ring (bicyclic) bond motifs is 1. The zero-order valence-corrected chi connectivity index (χ0v) is 17.9. The minimum Gasteiger partial charge on any atom is -0.465 e. The molecule has 1 aromatic carbocycles. The van der Waals surface area contributed by atoms with Crippen LogP contribution in [0.3, 0.4) is 0 Å². The number of carboxylic acid groups (broad SMARTS) is 1. The number of aromatic nitrogens is 2. The molecule has 1 saturated heterocycles. The van der Waals surface area contributed by atoms with Gasteiger partial charge in [0, 0.05) is 24.7 Å². The van der Waals surface area contributed by atoms with E-state index in [1.165, 1.54) is 4.90 Å². The van der Waals surface area contributed by atoms with Crippen molar-refractivity contribution in [3.05, 3.63) is 30.6 Å². The highest BCUT2D eigenvalue weighted by Crippen LogP contribution is 2.39. The molecule has 0 aliphatic carbocycles. The van der Waals surface area contributed by atoms with Crippen LogP contribution in [0, 0.1) is 0 Å². The summed E-state index contributed by atoms with van der Waals surface area (Å²) in [5, 5.41) is 14.1. The third-order valence-corrected chi connectivity index (χ3v) is 5.86. The average molecular weight is 453 g/mol. The largest absolute Gasteiger partial charge is 0.465 e. The molecule has 0 radical (unpaired) electrons. The molecule has 0 saturated carbocycles. The molecule has 10 heteroatoms. The van der Waals surface area contributed by atoms with Crippen LogP contribution in [0.5, 0.6) is 0 Å². The average Bonchev–Trinajstić information content (AvgIpc) is 3.13.